The Morgan fingerprint density at radius 1 is 0.857 bits per heavy atom. The van der Waals surface area contributed by atoms with Crippen LogP contribution in [0.4, 0.5) is 0 Å². The number of hydrogen-bond acceptors (Lipinski definition) is 5. The Balaban J connectivity index is 1.18. The number of hydrogen-bond donors (Lipinski definition) is 3. The summed E-state index contributed by atoms with van der Waals surface area (Å²) in [6.45, 7) is 0.635. The number of carbonyl (C=O) groups is 3. The van der Waals surface area contributed by atoms with Crippen LogP contribution in [-0.2, 0) is 4.79 Å². The fourth-order valence-electron chi connectivity index (χ4n) is 4.08. The molecular weight excluding hydrogens is 464 g/mol. The van der Waals surface area contributed by atoms with E-state index in [-0.39, 0.29) is 23.8 Å². The van der Waals surface area contributed by atoms with Gasteiger partial charge < -0.3 is 20.5 Å². The van der Waals surface area contributed by atoms with Crippen LogP contribution in [0.3, 0.4) is 0 Å². The van der Waals surface area contributed by atoms with E-state index in [1.807, 2.05) is 41.8 Å². The molecule has 3 aromatic rings. The first-order valence-electron chi connectivity index (χ1n) is 11.7. The fraction of sp³-hybridized carbons (Fsp3) is 0.296. The summed E-state index contributed by atoms with van der Waals surface area (Å²) in [7, 11) is 0. The van der Waals surface area contributed by atoms with Crippen molar-refractivity contribution < 1.29 is 24.2 Å². The fourth-order valence-corrected chi connectivity index (χ4v) is 4.92. The summed E-state index contributed by atoms with van der Waals surface area (Å²) in [5.74, 6) is -0.733. The minimum absolute atomic E-state index is 0.000931. The van der Waals surface area contributed by atoms with Crippen molar-refractivity contribution in [2.75, 3.05) is 13.1 Å². The molecule has 0 radical (unpaired) electrons. The third kappa shape index (κ3) is 6.70. The molecule has 2 amide bonds. The Morgan fingerprint density at radius 3 is 2.17 bits per heavy atom. The third-order valence-electron chi connectivity index (χ3n) is 6.07. The second kappa shape index (κ2) is 11.7. The molecule has 0 spiro atoms. The van der Waals surface area contributed by atoms with E-state index < -0.39 is 5.97 Å². The van der Waals surface area contributed by atoms with E-state index in [1.165, 1.54) is 11.3 Å². The first-order chi connectivity index (χ1) is 17.0. The van der Waals surface area contributed by atoms with E-state index in [0.717, 1.165) is 11.1 Å². The van der Waals surface area contributed by atoms with Gasteiger partial charge in [-0.05, 0) is 72.5 Å². The predicted molar refractivity (Wildman–Crippen MR) is 135 cm³/mol. The van der Waals surface area contributed by atoms with Gasteiger partial charge in [0.1, 0.15) is 5.75 Å². The number of rotatable bonds is 9. The molecule has 0 atom stereocenters. The van der Waals surface area contributed by atoms with Gasteiger partial charge in [-0.2, -0.15) is 0 Å². The Hall–Kier alpha value is -3.65. The molecule has 1 heterocycles. The third-order valence-corrected chi connectivity index (χ3v) is 7.00. The summed E-state index contributed by atoms with van der Waals surface area (Å²) in [5, 5.41) is 16.7. The number of aliphatic carboxylic acids is 1. The van der Waals surface area contributed by atoms with E-state index >= 15 is 0 Å². The topological polar surface area (TPSA) is 105 Å². The van der Waals surface area contributed by atoms with E-state index in [4.69, 9.17) is 9.84 Å². The first-order valence-corrected chi connectivity index (χ1v) is 12.6. The van der Waals surface area contributed by atoms with Crippen LogP contribution >= 0.6 is 11.3 Å². The highest BCUT2D eigenvalue weighted by atomic mass is 32.1. The van der Waals surface area contributed by atoms with Crippen LogP contribution in [0.15, 0.2) is 66.0 Å². The number of carboxylic acid groups (broad SMARTS) is 1. The molecule has 1 aromatic heterocycles. The zero-order valence-corrected chi connectivity index (χ0v) is 20.1. The second-order valence-electron chi connectivity index (χ2n) is 8.53. The van der Waals surface area contributed by atoms with E-state index in [0.29, 0.717) is 55.0 Å². The van der Waals surface area contributed by atoms with Gasteiger partial charge in [-0.1, -0.05) is 30.3 Å². The van der Waals surface area contributed by atoms with E-state index in [2.05, 4.69) is 10.6 Å². The number of carboxylic acids is 1. The van der Waals surface area contributed by atoms with Gasteiger partial charge in [-0.25, -0.2) is 0 Å². The molecule has 182 valence electrons. The van der Waals surface area contributed by atoms with Crippen LogP contribution in [0.5, 0.6) is 5.75 Å². The number of ether oxygens (including phenoxy) is 1. The van der Waals surface area contributed by atoms with Gasteiger partial charge >= 0.3 is 5.97 Å². The Labute approximate surface area is 208 Å². The summed E-state index contributed by atoms with van der Waals surface area (Å²) in [6, 6.07) is 18.7. The van der Waals surface area contributed by atoms with Gasteiger partial charge in [0.25, 0.3) is 11.8 Å². The summed E-state index contributed by atoms with van der Waals surface area (Å²) in [4.78, 5) is 36.5. The number of nitrogens with one attached hydrogen (secondary N) is 2. The molecular formula is C27H28N2O5S. The zero-order valence-electron chi connectivity index (χ0n) is 19.2. The lowest BCUT2D eigenvalue weighted by Crippen LogP contribution is -2.34. The van der Waals surface area contributed by atoms with Crippen LogP contribution in [-0.4, -0.2) is 42.1 Å². The average Bonchev–Trinajstić information content (AvgIpc) is 3.38. The number of thiophene rings is 1. The van der Waals surface area contributed by atoms with Crippen LogP contribution < -0.4 is 15.4 Å². The van der Waals surface area contributed by atoms with Crippen LogP contribution in [0, 0.1) is 5.92 Å². The average molecular weight is 493 g/mol. The lowest BCUT2D eigenvalue weighted by Gasteiger charge is -2.26. The molecule has 7 nitrogen and oxygen atoms in total. The Kier molecular flexibility index (Phi) is 8.15. The van der Waals surface area contributed by atoms with Gasteiger partial charge in [-0.3, -0.25) is 14.4 Å². The van der Waals surface area contributed by atoms with Crippen LogP contribution in [0.2, 0.25) is 0 Å². The molecule has 8 heteroatoms. The van der Waals surface area contributed by atoms with Crippen molar-refractivity contribution in [2.24, 2.45) is 5.92 Å². The van der Waals surface area contributed by atoms with Crippen molar-refractivity contribution in [3.05, 3.63) is 76.5 Å². The molecule has 1 aliphatic carbocycles. The van der Waals surface area contributed by atoms with E-state index in [1.54, 1.807) is 24.3 Å². The lowest BCUT2D eigenvalue weighted by atomic mass is 9.87. The maximum absolute atomic E-state index is 12.4. The minimum atomic E-state index is -0.734. The van der Waals surface area contributed by atoms with Crippen molar-refractivity contribution >= 4 is 29.1 Å². The Bertz CT molecular complexity index is 1150. The minimum Gasteiger partial charge on any atom is -0.490 e. The molecule has 3 N–H and O–H groups in total. The van der Waals surface area contributed by atoms with Crippen molar-refractivity contribution in [2.45, 2.75) is 31.8 Å². The molecule has 1 saturated carbocycles. The molecule has 4 rings (SSSR count). The van der Waals surface area contributed by atoms with Gasteiger partial charge in [0, 0.05) is 18.7 Å². The first kappa shape index (κ1) is 24.5. The van der Waals surface area contributed by atoms with Crippen molar-refractivity contribution in [3.8, 4) is 16.9 Å². The highest BCUT2D eigenvalue weighted by molar-refractivity contribution is 7.12. The molecule has 2 aromatic carbocycles. The number of amides is 2. The molecule has 35 heavy (non-hydrogen) atoms. The molecule has 0 unspecified atom stereocenters. The molecule has 0 aliphatic heterocycles. The van der Waals surface area contributed by atoms with Crippen molar-refractivity contribution in [1.29, 1.82) is 0 Å². The van der Waals surface area contributed by atoms with Gasteiger partial charge in [0.2, 0.25) is 0 Å². The molecule has 1 aliphatic rings. The summed E-state index contributed by atoms with van der Waals surface area (Å²) in [6.07, 6.45) is 2.67. The quantitative estimate of drug-likeness (QED) is 0.379. The maximum atomic E-state index is 12.4. The summed E-state index contributed by atoms with van der Waals surface area (Å²) >= 11 is 1.39. The summed E-state index contributed by atoms with van der Waals surface area (Å²) < 4.78 is 5.94. The summed E-state index contributed by atoms with van der Waals surface area (Å²) in [5.41, 5.74) is 2.58. The normalized spacial score (nSPS) is 17.4. The molecule has 0 saturated heterocycles. The maximum Gasteiger partial charge on any atom is 0.306 e. The van der Waals surface area contributed by atoms with E-state index in [9.17, 15) is 14.4 Å². The van der Waals surface area contributed by atoms with Crippen LogP contribution in [0.25, 0.3) is 11.1 Å². The highest BCUT2D eigenvalue weighted by Crippen LogP contribution is 2.28. The van der Waals surface area contributed by atoms with Crippen molar-refractivity contribution in [1.82, 2.24) is 10.6 Å². The Morgan fingerprint density at radius 2 is 1.51 bits per heavy atom. The SMILES string of the molecule is O=C(NCCNC(=O)c1cc(-c2ccccc2)cs1)c1ccc(O[C@H]2CC[C@@H](C(=O)O)CC2)cc1. The predicted octanol–water partition coefficient (Wildman–Crippen LogP) is 4.60. The van der Waals surface area contributed by atoms with Gasteiger partial charge in [-0.15, -0.1) is 11.3 Å². The number of benzene rings is 2. The molecule has 1 fully saturated rings. The van der Waals surface area contributed by atoms with Crippen LogP contribution in [0.1, 0.15) is 45.7 Å². The monoisotopic (exact) mass is 492 g/mol. The largest absolute Gasteiger partial charge is 0.490 e. The van der Waals surface area contributed by atoms with Crippen molar-refractivity contribution in [3.63, 3.8) is 0 Å². The lowest BCUT2D eigenvalue weighted by molar-refractivity contribution is -0.143. The zero-order chi connectivity index (χ0) is 24.6. The number of carbonyl (C=O) groups excluding carboxylic acids is 2. The van der Waals surface area contributed by atoms with Gasteiger partial charge in [0.15, 0.2) is 0 Å². The van der Waals surface area contributed by atoms with Gasteiger partial charge in [0.05, 0.1) is 16.9 Å². The standard InChI is InChI=1S/C27H28N2O5S/c30-25(19-6-10-22(11-7-19)34-23-12-8-20(9-13-23)27(32)33)28-14-15-29-26(31)24-16-21(17-35-24)18-4-2-1-3-5-18/h1-7,10-11,16-17,20,23H,8-9,12-15H2,(H,28,30)(H,29,31)(H,32,33)/t20-,23+. The highest BCUT2D eigenvalue weighted by Gasteiger charge is 2.26. The smallest absolute Gasteiger partial charge is 0.306 e. The second-order valence-corrected chi connectivity index (χ2v) is 9.44. The molecule has 0 bridgehead atoms.